The minimum atomic E-state index is -3.71. The van der Waals surface area contributed by atoms with Gasteiger partial charge in [0.1, 0.15) is 5.82 Å². The molecule has 1 fully saturated rings. The molecular weight excluding hydrogens is 347 g/mol. The molecule has 1 saturated heterocycles. The summed E-state index contributed by atoms with van der Waals surface area (Å²) in [6.07, 6.45) is 1.75. The number of nitrogens with zero attached hydrogens (tertiary/aromatic N) is 1. The Morgan fingerprint density at radius 3 is 2.96 bits per heavy atom. The van der Waals surface area contributed by atoms with E-state index in [1.54, 1.807) is 18.3 Å². The standard InChI is InChI=1S/C17H21FN2O2S2/c1-13-6-7-14(18)10-17(13)24(21,22)19-15-4-2-8-20(11-15)12-16-5-3-9-23-16/h3,5-7,9-10,15,19H,2,4,8,11-12H2,1H3. The summed E-state index contributed by atoms with van der Waals surface area (Å²) in [7, 11) is -3.71. The van der Waals surface area contributed by atoms with Gasteiger partial charge in [0, 0.05) is 24.0 Å². The molecule has 1 aliphatic heterocycles. The highest BCUT2D eigenvalue weighted by molar-refractivity contribution is 7.89. The van der Waals surface area contributed by atoms with Gasteiger partial charge in [-0.15, -0.1) is 11.3 Å². The highest BCUT2D eigenvalue weighted by Gasteiger charge is 2.26. The molecule has 1 atom stereocenters. The maximum Gasteiger partial charge on any atom is 0.241 e. The Morgan fingerprint density at radius 2 is 2.21 bits per heavy atom. The van der Waals surface area contributed by atoms with Gasteiger partial charge in [-0.2, -0.15) is 0 Å². The number of benzene rings is 1. The SMILES string of the molecule is Cc1ccc(F)cc1S(=O)(=O)NC1CCCN(Cc2cccs2)C1. The quantitative estimate of drug-likeness (QED) is 0.882. The summed E-state index contributed by atoms with van der Waals surface area (Å²) in [6, 6.07) is 7.83. The van der Waals surface area contributed by atoms with E-state index in [2.05, 4.69) is 15.7 Å². The third kappa shape index (κ3) is 4.22. The largest absolute Gasteiger partial charge is 0.297 e. The van der Waals surface area contributed by atoms with E-state index in [1.807, 2.05) is 11.4 Å². The van der Waals surface area contributed by atoms with Gasteiger partial charge in [-0.05, 0) is 55.5 Å². The smallest absolute Gasteiger partial charge is 0.241 e. The maximum atomic E-state index is 13.4. The molecule has 130 valence electrons. The van der Waals surface area contributed by atoms with E-state index in [0.717, 1.165) is 32.0 Å². The minimum Gasteiger partial charge on any atom is -0.297 e. The van der Waals surface area contributed by atoms with Crippen molar-refractivity contribution in [2.24, 2.45) is 0 Å². The molecule has 3 rings (SSSR count). The third-order valence-electron chi connectivity index (χ3n) is 4.23. The average molecular weight is 368 g/mol. The van der Waals surface area contributed by atoms with Crippen LogP contribution in [0.25, 0.3) is 0 Å². The molecule has 24 heavy (non-hydrogen) atoms. The second-order valence-electron chi connectivity index (χ2n) is 6.18. The van der Waals surface area contributed by atoms with Crippen LogP contribution in [-0.2, 0) is 16.6 Å². The van der Waals surface area contributed by atoms with Gasteiger partial charge in [0.25, 0.3) is 0 Å². The van der Waals surface area contributed by atoms with Crippen molar-refractivity contribution in [3.05, 3.63) is 52.0 Å². The highest BCUT2D eigenvalue weighted by atomic mass is 32.2. The first kappa shape index (κ1) is 17.5. The molecule has 1 unspecified atom stereocenters. The van der Waals surface area contributed by atoms with E-state index < -0.39 is 15.8 Å². The second-order valence-corrected chi connectivity index (χ2v) is 8.90. The molecule has 4 nitrogen and oxygen atoms in total. The molecule has 0 bridgehead atoms. The van der Waals surface area contributed by atoms with Crippen LogP contribution in [0.4, 0.5) is 4.39 Å². The summed E-state index contributed by atoms with van der Waals surface area (Å²) >= 11 is 1.71. The lowest BCUT2D eigenvalue weighted by Crippen LogP contribution is -2.47. The third-order valence-corrected chi connectivity index (χ3v) is 6.75. The summed E-state index contributed by atoms with van der Waals surface area (Å²) < 4.78 is 41.4. The van der Waals surface area contributed by atoms with Gasteiger partial charge < -0.3 is 0 Å². The first-order valence-electron chi connectivity index (χ1n) is 7.97. The molecule has 2 heterocycles. The molecule has 7 heteroatoms. The van der Waals surface area contributed by atoms with Crippen molar-refractivity contribution in [2.45, 2.75) is 37.2 Å². The normalized spacial score (nSPS) is 19.5. The van der Waals surface area contributed by atoms with Crippen LogP contribution < -0.4 is 4.72 Å². The molecule has 1 aromatic heterocycles. The van der Waals surface area contributed by atoms with Crippen molar-refractivity contribution < 1.29 is 12.8 Å². The zero-order valence-electron chi connectivity index (χ0n) is 13.5. The predicted molar refractivity (Wildman–Crippen MR) is 94.1 cm³/mol. The number of hydrogen-bond acceptors (Lipinski definition) is 4. The first-order valence-corrected chi connectivity index (χ1v) is 10.3. The molecule has 1 aliphatic rings. The zero-order chi connectivity index (χ0) is 17.2. The van der Waals surface area contributed by atoms with Gasteiger partial charge in [-0.25, -0.2) is 17.5 Å². The topological polar surface area (TPSA) is 49.4 Å². The summed E-state index contributed by atoms with van der Waals surface area (Å²) in [4.78, 5) is 3.57. The summed E-state index contributed by atoms with van der Waals surface area (Å²) in [5, 5.41) is 2.05. The first-order chi connectivity index (χ1) is 11.4. The molecule has 1 N–H and O–H groups in total. The van der Waals surface area contributed by atoms with E-state index >= 15 is 0 Å². The van der Waals surface area contributed by atoms with Gasteiger partial charge >= 0.3 is 0 Å². The lowest BCUT2D eigenvalue weighted by atomic mass is 10.1. The zero-order valence-corrected chi connectivity index (χ0v) is 15.2. The van der Waals surface area contributed by atoms with Crippen molar-refractivity contribution in [3.63, 3.8) is 0 Å². The van der Waals surface area contributed by atoms with Crippen molar-refractivity contribution in [1.82, 2.24) is 9.62 Å². The molecule has 0 spiro atoms. The van der Waals surface area contributed by atoms with Gasteiger partial charge in [-0.1, -0.05) is 12.1 Å². The molecule has 2 aromatic rings. The fourth-order valence-corrected chi connectivity index (χ4v) is 5.33. The number of sulfonamides is 1. The highest BCUT2D eigenvalue weighted by Crippen LogP contribution is 2.20. The van der Waals surface area contributed by atoms with E-state index in [1.165, 1.54) is 17.0 Å². The predicted octanol–water partition coefficient (Wildman–Crippen LogP) is 3.14. The lowest BCUT2D eigenvalue weighted by Gasteiger charge is -2.32. The molecule has 1 aromatic carbocycles. The van der Waals surface area contributed by atoms with Gasteiger partial charge in [-0.3, -0.25) is 4.90 Å². The van der Waals surface area contributed by atoms with Crippen molar-refractivity contribution >= 4 is 21.4 Å². The van der Waals surface area contributed by atoms with Crippen LogP contribution in [0.3, 0.4) is 0 Å². The van der Waals surface area contributed by atoms with E-state index in [-0.39, 0.29) is 10.9 Å². The van der Waals surface area contributed by atoms with Crippen LogP contribution in [0, 0.1) is 12.7 Å². The Hall–Kier alpha value is -1.28. The van der Waals surface area contributed by atoms with Crippen LogP contribution >= 0.6 is 11.3 Å². The van der Waals surface area contributed by atoms with Crippen LogP contribution in [0.15, 0.2) is 40.6 Å². The van der Waals surface area contributed by atoms with Crippen LogP contribution in [0.2, 0.25) is 0 Å². The Balaban J connectivity index is 1.69. The maximum absolute atomic E-state index is 13.4. The number of hydrogen-bond donors (Lipinski definition) is 1. The Morgan fingerprint density at radius 1 is 1.38 bits per heavy atom. The molecular formula is C17H21FN2O2S2. The van der Waals surface area contributed by atoms with Gasteiger partial charge in [0.15, 0.2) is 0 Å². The Kier molecular flexibility index (Phi) is 5.34. The minimum absolute atomic E-state index is 0.0258. The van der Waals surface area contributed by atoms with E-state index in [0.29, 0.717) is 12.1 Å². The van der Waals surface area contributed by atoms with Crippen molar-refractivity contribution in [1.29, 1.82) is 0 Å². The number of piperidine rings is 1. The average Bonchev–Trinajstić information content (AvgIpc) is 3.02. The fraction of sp³-hybridized carbons (Fsp3) is 0.412. The number of likely N-dealkylation sites (tertiary alicyclic amines) is 1. The summed E-state index contributed by atoms with van der Waals surface area (Å²) in [5.74, 6) is -0.538. The summed E-state index contributed by atoms with van der Waals surface area (Å²) in [6.45, 7) is 4.16. The summed E-state index contributed by atoms with van der Waals surface area (Å²) in [5.41, 5.74) is 0.551. The number of aryl methyl sites for hydroxylation is 1. The molecule has 0 aliphatic carbocycles. The van der Waals surface area contributed by atoms with Crippen LogP contribution in [0.1, 0.15) is 23.3 Å². The van der Waals surface area contributed by atoms with Crippen molar-refractivity contribution in [3.8, 4) is 0 Å². The Labute approximate surface area is 146 Å². The van der Waals surface area contributed by atoms with Gasteiger partial charge in [0.05, 0.1) is 4.90 Å². The number of nitrogens with one attached hydrogen (secondary N) is 1. The number of halogens is 1. The Bertz CT molecular complexity index is 791. The van der Waals surface area contributed by atoms with Gasteiger partial charge in [0.2, 0.25) is 10.0 Å². The second kappa shape index (κ2) is 7.31. The van der Waals surface area contributed by atoms with E-state index in [9.17, 15) is 12.8 Å². The monoisotopic (exact) mass is 368 g/mol. The molecule has 0 saturated carbocycles. The fourth-order valence-electron chi connectivity index (χ4n) is 3.06. The van der Waals surface area contributed by atoms with Crippen LogP contribution in [-0.4, -0.2) is 32.4 Å². The number of thiophene rings is 1. The van der Waals surface area contributed by atoms with Crippen LogP contribution in [0.5, 0.6) is 0 Å². The number of rotatable bonds is 5. The van der Waals surface area contributed by atoms with E-state index in [4.69, 9.17) is 0 Å². The molecule has 0 radical (unpaired) electrons. The van der Waals surface area contributed by atoms with Crippen molar-refractivity contribution in [2.75, 3.05) is 13.1 Å². The lowest BCUT2D eigenvalue weighted by molar-refractivity contribution is 0.196. The molecule has 0 amide bonds.